The third kappa shape index (κ3) is 3.24. The molecule has 3 heterocycles. The number of nitriles is 1. The number of anilines is 2. The summed E-state index contributed by atoms with van der Waals surface area (Å²) in [5, 5.41) is 26.9. The largest absolute Gasteiger partial charge is 0.491 e. The summed E-state index contributed by atoms with van der Waals surface area (Å²) in [7, 11) is -0.936. The predicted molar refractivity (Wildman–Crippen MR) is 101 cm³/mol. The number of carbonyl (C=O) groups is 1. The monoisotopic (exact) mass is 381 g/mol. The molecule has 1 saturated heterocycles. The van der Waals surface area contributed by atoms with E-state index in [4.69, 9.17) is 15.1 Å². The van der Waals surface area contributed by atoms with Crippen LogP contribution in [0.1, 0.15) is 41.4 Å². The quantitative estimate of drug-likeness (QED) is 0.660. The van der Waals surface area contributed by atoms with Crippen LogP contribution in [0.5, 0.6) is 0 Å². The van der Waals surface area contributed by atoms with E-state index in [0.717, 1.165) is 11.0 Å². The van der Waals surface area contributed by atoms with Gasteiger partial charge in [0.05, 0.1) is 30.7 Å². The molecule has 0 aliphatic carbocycles. The van der Waals surface area contributed by atoms with Crippen LogP contribution in [0.25, 0.3) is 0 Å². The summed E-state index contributed by atoms with van der Waals surface area (Å²) < 4.78 is 12.5. The number of benzene rings is 1. The molecule has 0 bridgehead atoms. The van der Waals surface area contributed by atoms with Crippen molar-refractivity contribution in [2.75, 3.05) is 18.5 Å². The maximum atomic E-state index is 11.9. The minimum absolute atomic E-state index is 0.229. The molecule has 4 N–H and O–H groups in total. The molecule has 1 fully saturated rings. The third-order valence-corrected chi connectivity index (χ3v) is 5.22. The lowest BCUT2D eigenvalue weighted by atomic mass is 9.79. The molecular weight excluding hydrogens is 361 g/mol. The Morgan fingerprint density at radius 3 is 3.11 bits per heavy atom. The molecule has 2 aromatic rings. The zero-order chi connectivity index (χ0) is 19.8. The van der Waals surface area contributed by atoms with E-state index in [1.807, 2.05) is 13.0 Å². The van der Waals surface area contributed by atoms with Crippen molar-refractivity contribution in [3.05, 3.63) is 35.5 Å². The van der Waals surface area contributed by atoms with Gasteiger partial charge in [-0.05, 0) is 36.5 Å². The summed E-state index contributed by atoms with van der Waals surface area (Å²) in [5.41, 5.74) is 8.02. The van der Waals surface area contributed by atoms with E-state index < -0.39 is 13.0 Å². The minimum Gasteiger partial charge on any atom is -0.423 e. The van der Waals surface area contributed by atoms with Crippen molar-refractivity contribution in [3.63, 3.8) is 0 Å². The number of nitrogens with two attached hydrogens (primary N) is 1. The first-order chi connectivity index (χ1) is 13.5. The van der Waals surface area contributed by atoms with Crippen molar-refractivity contribution in [3.8, 4) is 6.07 Å². The van der Waals surface area contributed by atoms with Gasteiger partial charge in [-0.15, -0.1) is 0 Å². The van der Waals surface area contributed by atoms with Crippen molar-refractivity contribution in [1.82, 2.24) is 9.78 Å². The number of hydrogen-bond acceptors (Lipinski definition) is 7. The molecule has 10 heteroatoms. The van der Waals surface area contributed by atoms with Gasteiger partial charge in [0.25, 0.3) is 5.91 Å². The summed E-state index contributed by atoms with van der Waals surface area (Å²) in [6, 6.07) is 7.39. The van der Waals surface area contributed by atoms with Gasteiger partial charge >= 0.3 is 7.12 Å². The van der Waals surface area contributed by atoms with E-state index in [0.29, 0.717) is 31.1 Å². The van der Waals surface area contributed by atoms with E-state index in [9.17, 15) is 15.1 Å². The molecule has 0 radical (unpaired) electrons. The number of carbonyl (C=O) groups excluding carboxylic acids is 1. The molecule has 2 aliphatic rings. The Bertz CT molecular complexity index is 956. The number of fused-ring (bicyclic) bond motifs is 1. The zero-order valence-electron chi connectivity index (χ0n) is 15.3. The molecule has 1 aromatic carbocycles. The minimum atomic E-state index is -0.936. The Balaban J connectivity index is 1.65. The van der Waals surface area contributed by atoms with Crippen LogP contribution in [-0.4, -0.2) is 41.0 Å². The maximum absolute atomic E-state index is 11.9. The second-order valence-electron chi connectivity index (χ2n) is 7.00. The molecule has 144 valence electrons. The highest BCUT2D eigenvalue weighted by molar-refractivity contribution is 6.61. The second kappa shape index (κ2) is 7.28. The average molecular weight is 381 g/mol. The van der Waals surface area contributed by atoms with Crippen molar-refractivity contribution >= 4 is 30.0 Å². The van der Waals surface area contributed by atoms with E-state index >= 15 is 0 Å². The van der Waals surface area contributed by atoms with Gasteiger partial charge in [0.15, 0.2) is 5.82 Å². The molecule has 1 amide bonds. The second-order valence-corrected chi connectivity index (χ2v) is 7.00. The molecule has 4 rings (SSSR count). The molecule has 28 heavy (non-hydrogen) atoms. The van der Waals surface area contributed by atoms with Crippen LogP contribution in [0.2, 0.25) is 0 Å². The Morgan fingerprint density at radius 2 is 2.36 bits per heavy atom. The van der Waals surface area contributed by atoms with Crippen molar-refractivity contribution in [2.45, 2.75) is 25.5 Å². The number of aromatic nitrogens is 2. The Kier molecular flexibility index (Phi) is 4.81. The highest BCUT2D eigenvalue weighted by Crippen LogP contribution is 2.30. The SMILES string of the molecule is CC1OB(O)c2ccc(Nc3nn([C@H]4COCC[C@@H]4C#N)cc3C(N)=O)cc21. The Morgan fingerprint density at radius 1 is 1.54 bits per heavy atom. The molecule has 0 saturated carbocycles. The lowest BCUT2D eigenvalue weighted by Crippen LogP contribution is -2.29. The summed E-state index contributed by atoms with van der Waals surface area (Å²) in [4.78, 5) is 11.9. The van der Waals surface area contributed by atoms with Crippen molar-refractivity contribution in [2.24, 2.45) is 11.7 Å². The molecule has 0 spiro atoms. The summed E-state index contributed by atoms with van der Waals surface area (Å²) in [5.74, 6) is -0.559. The van der Waals surface area contributed by atoms with Crippen LogP contribution < -0.4 is 16.5 Å². The summed E-state index contributed by atoms with van der Waals surface area (Å²) >= 11 is 0. The maximum Gasteiger partial charge on any atom is 0.491 e. The molecule has 3 atom stereocenters. The van der Waals surface area contributed by atoms with Crippen LogP contribution in [-0.2, 0) is 9.39 Å². The van der Waals surface area contributed by atoms with Crippen molar-refractivity contribution < 1.29 is 19.2 Å². The fourth-order valence-electron chi connectivity index (χ4n) is 3.67. The lowest BCUT2D eigenvalue weighted by Gasteiger charge is -2.26. The molecule has 1 unspecified atom stereocenters. The number of rotatable bonds is 4. The summed E-state index contributed by atoms with van der Waals surface area (Å²) in [6.45, 7) is 2.74. The molecule has 2 aliphatic heterocycles. The Labute approximate surface area is 162 Å². The predicted octanol–water partition coefficient (Wildman–Crippen LogP) is 0.605. The first-order valence-electron chi connectivity index (χ1n) is 9.08. The molecule has 9 nitrogen and oxygen atoms in total. The standard InChI is InChI=1S/C18H20BN5O4/c1-10-13-6-12(2-3-15(13)19(26)28-10)22-18-14(17(21)25)8-24(23-18)16-9-27-5-4-11(16)7-20/h2-3,6,8,10-11,16,26H,4-5,9H2,1H3,(H2,21,25)(H,22,23)/t10?,11-,16+/m1/s1. The third-order valence-electron chi connectivity index (χ3n) is 5.22. The van der Waals surface area contributed by atoms with Crippen LogP contribution in [0, 0.1) is 17.2 Å². The van der Waals surface area contributed by atoms with Gasteiger partial charge in [-0.1, -0.05) is 6.07 Å². The summed E-state index contributed by atoms with van der Waals surface area (Å²) in [6.07, 6.45) is 1.92. The van der Waals surface area contributed by atoms with Gasteiger partial charge in [-0.3, -0.25) is 9.48 Å². The van der Waals surface area contributed by atoms with Crippen LogP contribution in [0.4, 0.5) is 11.5 Å². The molecule has 1 aromatic heterocycles. The highest BCUT2D eigenvalue weighted by atomic mass is 16.5. The number of hydrogen-bond donors (Lipinski definition) is 3. The van der Waals surface area contributed by atoms with Crippen molar-refractivity contribution in [1.29, 1.82) is 5.26 Å². The smallest absolute Gasteiger partial charge is 0.423 e. The van der Waals surface area contributed by atoms with E-state index in [2.05, 4.69) is 16.5 Å². The fraction of sp³-hybridized carbons (Fsp3) is 0.389. The lowest BCUT2D eigenvalue weighted by molar-refractivity contribution is 0.0342. The van der Waals surface area contributed by atoms with E-state index in [1.165, 1.54) is 0 Å². The van der Waals surface area contributed by atoms with Gasteiger partial charge in [-0.2, -0.15) is 10.4 Å². The van der Waals surface area contributed by atoms with Crippen LogP contribution in [0.15, 0.2) is 24.4 Å². The highest BCUT2D eigenvalue weighted by Gasteiger charge is 2.33. The molecular formula is C18H20BN5O4. The Hall–Kier alpha value is -2.87. The van der Waals surface area contributed by atoms with Gasteiger partial charge in [-0.25, -0.2) is 0 Å². The van der Waals surface area contributed by atoms with Gasteiger partial charge in [0, 0.05) is 18.5 Å². The van der Waals surface area contributed by atoms with E-state index in [1.54, 1.807) is 23.0 Å². The number of primary amides is 1. The average Bonchev–Trinajstić information content (AvgIpc) is 3.23. The van der Waals surface area contributed by atoms with Gasteiger partial charge < -0.3 is 25.5 Å². The number of amides is 1. The number of ether oxygens (including phenoxy) is 1. The fourth-order valence-corrected chi connectivity index (χ4v) is 3.67. The van der Waals surface area contributed by atoms with Crippen LogP contribution in [0.3, 0.4) is 0 Å². The normalized spacial score (nSPS) is 23.9. The van der Waals surface area contributed by atoms with Gasteiger partial charge in [0.2, 0.25) is 0 Å². The van der Waals surface area contributed by atoms with E-state index in [-0.39, 0.29) is 23.6 Å². The number of nitrogens with zero attached hydrogens (tertiary/aromatic N) is 3. The topological polar surface area (TPSA) is 135 Å². The number of nitrogens with one attached hydrogen (secondary N) is 1. The first kappa shape index (κ1) is 18.5. The van der Waals surface area contributed by atoms with Gasteiger partial charge in [0.1, 0.15) is 5.56 Å². The van der Waals surface area contributed by atoms with Crippen LogP contribution >= 0.6 is 0 Å². The first-order valence-corrected chi connectivity index (χ1v) is 9.08. The zero-order valence-corrected chi connectivity index (χ0v) is 15.3.